The third-order valence-electron chi connectivity index (χ3n) is 4.86. The molecule has 0 unspecified atom stereocenters. The number of benzene rings is 1. The number of hydrogen-bond donors (Lipinski definition) is 2. The van der Waals surface area contributed by atoms with Crippen molar-refractivity contribution >= 4 is 45.2 Å². The molecule has 0 radical (unpaired) electrons. The molecule has 5 rings (SSSR count). The minimum atomic E-state index is -0.531. The molecule has 1 aromatic carbocycles. The number of anilines is 3. The van der Waals surface area contributed by atoms with E-state index in [1.807, 2.05) is 35.0 Å². The van der Waals surface area contributed by atoms with Gasteiger partial charge in [0.15, 0.2) is 10.6 Å². The molecule has 4 aromatic rings. The van der Waals surface area contributed by atoms with Gasteiger partial charge in [-0.15, -0.1) is 16.4 Å². The fraction of sp³-hybridized carbons (Fsp3) is 0.211. The number of amides is 1. The van der Waals surface area contributed by atoms with E-state index in [0.29, 0.717) is 37.7 Å². The van der Waals surface area contributed by atoms with E-state index in [4.69, 9.17) is 10.6 Å². The smallest absolute Gasteiger partial charge is 0.368 e. The van der Waals surface area contributed by atoms with Gasteiger partial charge in [-0.05, 0) is 24.3 Å². The Morgan fingerprint density at radius 3 is 2.68 bits per heavy atom. The van der Waals surface area contributed by atoms with Gasteiger partial charge in [0, 0.05) is 36.9 Å². The van der Waals surface area contributed by atoms with Crippen LogP contribution in [0.3, 0.4) is 0 Å². The summed E-state index contributed by atoms with van der Waals surface area (Å²) < 4.78 is 1.88. The van der Waals surface area contributed by atoms with Crippen LogP contribution in [0.2, 0.25) is 0 Å². The molecule has 11 nitrogen and oxygen atoms in total. The van der Waals surface area contributed by atoms with Crippen LogP contribution in [-0.2, 0) is 4.84 Å². The van der Waals surface area contributed by atoms with Crippen molar-refractivity contribution in [1.29, 1.82) is 0 Å². The number of piperazine rings is 1. The molecule has 3 aromatic heterocycles. The number of nitrogens with two attached hydrogens (primary N) is 1. The molecule has 3 N–H and O–H groups in total. The summed E-state index contributed by atoms with van der Waals surface area (Å²) in [7, 11) is 0. The number of nitrogens with one attached hydrogen (secondary N) is 1. The second-order valence-corrected chi connectivity index (χ2v) is 7.68. The van der Waals surface area contributed by atoms with Crippen molar-refractivity contribution in [2.75, 3.05) is 42.1 Å². The first-order valence-electron chi connectivity index (χ1n) is 9.60. The maximum atomic E-state index is 12.3. The summed E-state index contributed by atoms with van der Waals surface area (Å²) in [5.41, 5.74) is 9.90. The highest BCUT2D eigenvalue weighted by atomic mass is 32.1. The predicted octanol–water partition coefficient (Wildman–Crippen LogP) is 2.14. The second-order valence-electron chi connectivity index (χ2n) is 6.85. The van der Waals surface area contributed by atoms with Gasteiger partial charge < -0.3 is 20.0 Å². The molecule has 12 heteroatoms. The molecule has 1 aliphatic rings. The van der Waals surface area contributed by atoms with Crippen LogP contribution in [0.5, 0.6) is 0 Å². The predicted molar refractivity (Wildman–Crippen MR) is 117 cm³/mol. The van der Waals surface area contributed by atoms with Crippen LogP contribution < -0.4 is 16.0 Å². The number of imidazole rings is 1. The first-order valence-corrected chi connectivity index (χ1v) is 10.5. The van der Waals surface area contributed by atoms with E-state index in [0.717, 1.165) is 16.0 Å². The van der Waals surface area contributed by atoms with Gasteiger partial charge in [-0.25, -0.2) is 19.7 Å². The number of nitrogen functional groups attached to an aromatic ring is 1. The third kappa shape index (κ3) is 4.11. The lowest BCUT2D eigenvalue weighted by molar-refractivity contribution is -0.0966. The maximum Gasteiger partial charge on any atom is 0.430 e. The summed E-state index contributed by atoms with van der Waals surface area (Å²) in [5.74, 6) is 0.940. The van der Waals surface area contributed by atoms with E-state index in [1.54, 1.807) is 23.1 Å². The molecule has 1 aliphatic heterocycles. The Labute approximate surface area is 181 Å². The molecular formula is C19H19N9O2S. The molecule has 0 saturated carbocycles. The quantitative estimate of drug-likeness (QED) is 0.493. The van der Waals surface area contributed by atoms with Crippen molar-refractivity contribution < 1.29 is 9.63 Å². The normalized spacial score (nSPS) is 14.6. The van der Waals surface area contributed by atoms with Crippen molar-refractivity contribution in [3.8, 4) is 5.69 Å². The number of carbonyl (C=O) groups excluding carboxylic acids is 1. The summed E-state index contributed by atoms with van der Waals surface area (Å²) in [6, 6.07) is 7.41. The molecule has 1 amide bonds. The van der Waals surface area contributed by atoms with Crippen LogP contribution in [-0.4, -0.2) is 61.8 Å². The van der Waals surface area contributed by atoms with E-state index in [1.165, 1.54) is 11.3 Å². The SMILES string of the molecule is Nc1nc(N2CCN(OC(=O)Nc3ccc(-n4ccnc4)cc3)CC2)c2ncsc2n1. The Morgan fingerprint density at radius 1 is 1.13 bits per heavy atom. The van der Waals surface area contributed by atoms with Crippen molar-refractivity contribution in [3.05, 3.63) is 48.5 Å². The summed E-state index contributed by atoms with van der Waals surface area (Å²) in [5, 5.41) is 4.38. The van der Waals surface area contributed by atoms with Crippen LogP contribution in [0.15, 0.2) is 48.5 Å². The summed E-state index contributed by atoms with van der Waals surface area (Å²) >= 11 is 1.43. The van der Waals surface area contributed by atoms with E-state index in [9.17, 15) is 4.79 Å². The highest BCUT2D eigenvalue weighted by Gasteiger charge is 2.24. The number of hydrogen-bond acceptors (Lipinski definition) is 10. The number of rotatable bonds is 4. The number of hydroxylamine groups is 2. The molecular weight excluding hydrogens is 418 g/mol. The molecule has 0 bridgehead atoms. The first-order chi connectivity index (χ1) is 15.2. The fourth-order valence-electron chi connectivity index (χ4n) is 3.36. The van der Waals surface area contributed by atoms with Gasteiger partial charge >= 0.3 is 6.09 Å². The minimum absolute atomic E-state index is 0.226. The number of nitrogens with zero attached hydrogens (tertiary/aromatic N) is 7. The number of fused-ring (bicyclic) bond motifs is 1. The molecule has 31 heavy (non-hydrogen) atoms. The zero-order chi connectivity index (χ0) is 21.2. The Hall–Kier alpha value is -3.77. The minimum Gasteiger partial charge on any atom is -0.368 e. The monoisotopic (exact) mass is 437 g/mol. The number of thiazole rings is 1. The van der Waals surface area contributed by atoms with E-state index < -0.39 is 6.09 Å². The average Bonchev–Trinajstić information content (AvgIpc) is 3.46. The van der Waals surface area contributed by atoms with Crippen molar-refractivity contribution in [2.45, 2.75) is 0 Å². The highest BCUT2D eigenvalue weighted by Crippen LogP contribution is 2.26. The zero-order valence-electron chi connectivity index (χ0n) is 16.4. The summed E-state index contributed by atoms with van der Waals surface area (Å²) in [6.45, 7) is 2.30. The first kappa shape index (κ1) is 19.2. The van der Waals surface area contributed by atoms with Gasteiger partial charge in [0.2, 0.25) is 5.95 Å². The molecule has 4 heterocycles. The summed E-state index contributed by atoms with van der Waals surface area (Å²) in [4.78, 5) is 37.5. The lowest BCUT2D eigenvalue weighted by atomic mass is 10.3. The van der Waals surface area contributed by atoms with Crippen LogP contribution in [0.1, 0.15) is 0 Å². The van der Waals surface area contributed by atoms with Gasteiger partial charge in [0.1, 0.15) is 5.52 Å². The molecule has 158 valence electrons. The van der Waals surface area contributed by atoms with Crippen molar-refractivity contribution in [1.82, 2.24) is 29.6 Å². The van der Waals surface area contributed by atoms with Gasteiger partial charge in [-0.1, -0.05) is 0 Å². The lowest BCUT2D eigenvalue weighted by Crippen LogP contribution is -2.47. The van der Waals surface area contributed by atoms with Gasteiger partial charge in [0.25, 0.3) is 0 Å². The van der Waals surface area contributed by atoms with Crippen LogP contribution >= 0.6 is 11.3 Å². The standard InChI is InChI=1S/C19H19N9O2S/c20-18-24-16(15-17(25-18)31-12-22-15)26-7-9-28(10-8-26)30-19(29)23-13-1-3-14(4-2-13)27-6-5-21-11-27/h1-6,11-12H,7-10H2,(H,23,29)(H2,20,24,25). The average molecular weight is 437 g/mol. The van der Waals surface area contributed by atoms with E-state index in [-0.39, 0.29) is 5.95 Å². The number of aromatic nitrogens is 5. The Morgan fingerprint density at radius 2 is 1.94 bits per heavy atom. The van der Waals surface area contributed by atoms with E-state index >= 15 is 0 Å². The lowest BCUT2D eigenvalue weighted by Gasteiger charge is -2.33. The topological polar surface area (TPSA) is 127 Å². The third-order valence-corrected chi connectivity index (χ3v) is 5.58. The molecule has 1 saturated heterocycles. The zero-order valence-corrected chi connectivity index (χ0v) is 17.2. The van der Waals surface area contributed by atoms with E-state index in [2.05, 4.69) is 30.2 Å². The largest absolute Gasteiger partial charge is 0.430 e. The molecule has 0 spiro atoms. The van der Waals surface area contributed by atoms with Gasteiger partial charge in [0.05, 0.1) is 24.9 Å². The van der Waals surface area contributed by atoms with Crippen LogP contribution in [0, 0.1) is 0 Å². The summed E-state index contributed by atoms with van der Waals surface area (Å²) in [6.07, 6.45) is 4.75. The highest BCUT2D eigenvalue weighted by molar-refractivity contribution is 7.16. The van der Waals surface area contributed by atoms with Crippen molar-refractivity contribution in [3.63, 3.8) is 0 Å². The molecule has 0 aliphatic carbocycles. The van der Waals surface area contributed by atoms with Gasteiger partial charge in [-0.2, -0.15) is 4.98 Å². The number of carbonyl (C=O) groups is 1. The molecule has 0 atom stereocenters. The maximum absolute atomic E-state index is 12.3. The van der Waals surface area contributed by atoms with Gasteiger partial charge in [-0.3, -0.25) is 5.32 Å². The fourth-order valence-corrected chi connectivity index (χ4v) is 4.02. The Kier molecular flexibility index (Phi) is 5.06. The Bertz CT molecular complexity index is 1190. The second kappa shape index (κ2) is 8.16. The Balaban J connectivity index is 1.16. The van der Waals surface area contributed by atoms with Crippen LogP contribution in [0.25, 0.3) is 16.0 Å². The molecule has 1 fully saturated rings. The van der Waals surface area contributed by atoms with Crippen LogP contribution in [0.4, 0.5) is 22.2 Å². The van der Waals surface area contributed by atoms with Crippen molar-refractivity contribution in [2.24, 2.45) is 0 Å².